The van der Waals surface area contributed by atoms with Crippen LogP contribution < -0.4 is 15.1 Å². The molecule has 2 aromatic carbocycles. The van der Waals surface area contributed by atoms with Crippen LogP contribution in [0.5, 0.6) is 5.75 Å². The van der Waals surface area contributed by atoms with Crippen molar-refractivity contribution in [1.82, 2.24) is 14.9 Å². The van der Waals surface area contributed by atoms with Crippen molar-refractivity contribution in [2.24, 2.45) is 0 Å². The van der Waals surface area contributed by atoms with Gasteiger partial charge in [0, 0.05) is 19.8 Å². The third kappa shape index (κ3) is 2.80. The summed E-state index contributed by atoms with van der Waals surface area (Å²) in [4.78, 5) is 2.09. The predicted octanol–water partition coefficient (Wildman–Crippen LogP) is 3.37. The first kappa shape index (κ1) is 15.8. The molecule has 1 N–H and O–H groups in total. The summed E-state index contributed by atoms with van der Waals surface area (Å²) in [5.41, 5.74) is 6.78. The van der Waals surface area contributed by atoms with Crippen LogP contribution in [0.2, 0.25) is 0 Å². The normalized spacial score (nSPS) is 15.6. The van der Waals surface area contributed by atoms with Gasteiger partial charge in [0.25, 0.3) is 0 Å². The molecule has 6 nitrogen and oxygen atoms in total. The lowest BCUT2D eigenvalue weighted by molar-refractivity contribution is 0.416. The van der Waals surface area contributed by atoms with Gasteiger partial charge in [0.15, 0.2) is 5.82 Å². The molecule has 128 valence electrons. The molecule has 0 unspecified atom stereocenters. The molecule has 4 rings (SSSR count). The fraction of sp³-hybridized carbons (Fsp3) is 0.222. The molecule has 1 atom stereocenters. The lowest BCUT2D eigenvalue weighted by Gasteiger charge is -2.16. The number of benzene rings is 2. The SMILES string of the molecule is COc1ccccc1-c1nnc2n1N[C@@H](c1ccc(N(C)C)cc1)S2. The predicted molar refractivity (Wildman–Crippen MR) is 101 cm³/mol. The van der Waals surface area contributed by atoms with Crippen LogP contribution in [0.4, 0.5) is 5.69 Å². The summed E-state index contributed by atoms with van der Waals surface area (Å²) in [6.07, 6.45) is 0. The molecular weight excluding hydrogens is 334 g/mol. The van der Waals surface area contributed by atoms with Crippen molar-refractivity contribution in [3.05, 3.63) is 54.1 Å². The largest absolute Gasteiger partial charge is 0.496 e. The maximum Gasteiger partial charge on any atom is 0.212 e. The van der Waals surface area contributed by atoms with Crippen LogP contribution in [0.25, 0.3) is 11.4 Å². The monoisotopic (exact) mass is 353 g/mol. The molecule has 1 aliphatic rings. The van der Waals surface area contributed by atoms with Crippen LogP contribution in [0.1, 0.15) is 10.9 Å². The number of anilines is 1. The fourth-order valence-electron chi connectivity index (χ4n) is 2.81. The van der Waals surface area contributed by atoms with Crippen LogP contribution in [0, 0.1) is 0 Å². The van der Waals surface area contributed by atoms with Crippen LogP contribution in [0.15, 0.2) is 53.7 Å². The number of hydrogen-bond donors (Lipinski definition) is 1. The number of thioether (sulfide) groups is 1. The number of aromatic nitrogens is 3. The van der Waals surface area contributed by atoms with Gasteiger partial charge in [-0.1, -0.05) is 36.0 Å². The van der Waals surface area contributed by atoms with Gasteiger partial charge >= 0.3 is 0 Å². The summed E-state index contributed by atoms with van der Waals surface area (Å²) in [6.45, 7) is 0. The van der Waals surface area contributed by atoms with E-state index in [0.29, 0.717) is 0 Å². The standard InChI is InChI=1S/C18H19N5OS/c1-22(2)13-10-8-12(9-11-13)17-21-23-16(19-20-18(23)25-17)14-6-4-5-7-15(14)24-3/h4-11,17,21H,1-3H3/t17-/m1/s1. The van der Waals surface area contributed by atoms with Crippen molar-refractivity contribution in [3.63, 3.8) is 0 Å². The van der Waals surface area contributed by atoms with Crippen LogP contribution in [-0.2, 0) is 0 Å². The van der Waals surface area contributed by atoms with E-state index in [4.69, 9.17) is 4.74 Å². The summed E-state index contributed by atoms with van der Waals surface area (Å²) < 4.78 is 7.39. The minimum atomic E-state index is 0.107. The van der Waals surface area contributed by atoms with E-state index in [-0.39, 0.29) is 5.37 Å². The first-order chi connectivity index (χ1) is 12.2. The Morgan fingerprint density at radius 3 is 2.56 bits per heavy atom. The van der Waals surface area contributed by atoms with Gasteiger partial charge in [-0.05, 0) is 29.8 Å². The fourth-order valence-corrected chi connectivity index (χ4v) is 3.80. The molecule has 0 amide bonds. The number of nitrogens with zero attached hydrogens (tertiary/aromatic N) is 4. The molecule has 0 fully saturated rings. The lowest BCUT2D eigenvalue weighted by Crippen LogP contribution is -2.14. The molecule has 0 aliphatic carbocycles. The van der Waals surface area contributed by atoms with Gasteiger partial charge < -0.3 is 15.1 Å². The number of ether oxygens (including phenoxy) is 1. The van der Waals surface area contributed by atoms with E-state index < -0.39 is 0 Å². The third-order valence-corrected chi connectivity index (χ3v) is 5.25. The van der Waals surface area contributed by atoms with Crippen LogP contribution in [-0.4, -0.2) is 36.1 Å². The van der Waals surface area contributed by atoms with Crippen LogP contribution >= 0.6 is 11.8 Å². The Hall–Kier alpha value is -2.67. The topological polar surface area (TPSA) is 55.2 Å². The second-order valence-electron chi connectivity index (χ2n) is 5.95. The van der Waals surface area contributed by atoms with Crippen molar-refractivity contribution < 1.29 is 4.74 Å². The molecule has 7 heteroatoms. The van der Waals surface area contributed by atoms with E-state index in [1.54, 1.807) is 18.9 Å². The van der Waals surface area contributed by atoms with Gasteiger partial charge in [0.2, 0.25) is 5.16 Å². The van der Waals surface area contributed by atoms with Gasteiger partial charge in [-0.3, -0.25) is 0 Å². The zero-order chi connectivity index (χ0) is 17.4. The zero-order valence-electron chi connectivity index (χ0n) is 14.3. The minimum Gasteiger partial charge on any atom is -0.496 e. The van der Waals surface area contributed by atoms with Crippen molar-refractivity contribution in [1.29, 1.82) is 0 Å². The maximum absolute atomic E-state index is 5.46. The molecule has 25 heavy (non-hydrogen) atoms. The number of methoxy groups -OCH3 is 1. The van der Waals surface area contributed by atoms with Gasteiger partial charge in [-0.25, -0.2) is 4.68 Å². The first-order valence-electron chi connectivity index (χ1n) is 7.96. The van der Waals surface area contributed by atoms with Crippen LogP contribution in [0.3, 0.4) is 0 Å². The van der Waals surface area contributed by atoms with Gasteiger partial charge in [-0.15, -0.1) is 10.2 Å². The number of nitrogens with one attached hydrogen (secondary N) is 1. The van der Waals surface area contributed by atoms with Gasteiger partial charge in [0.1, 0.15) is 11.1 Å². The Labute approximate surface area is 150 Å². The molecular formula is C18H19N5OS. The molecule has 1 aromatic heterocycles. The summed E-state index contributed by atoms with van der Waals surface area (Å²) in [6, 6.07) is 16.4. The Kier molecular flexibility index (Phi) is 4.01. The van der Waals surface area contributed by atoms with Gasteiger partial charge in [0.05, 0.1) is 12.7 Å². The number of fused-ring (bicyclic) bond motifs is 1. The van der Waals surface area contributed by atoms with E-state index in [9.17, 15) is 0 Å². The maximum atomic E-state index is 5.46. The molecule has 0 spiro atoms. The van der Waals surface area contributed by atoms with Crippen molar-refractivity contribution in [3.8, 4) is 17.1 Å². The Morgan fingerprint density at radius 1 is 1.08 bits per heavy atom. The Bertz CT molecular complexity index is 891. The van der Waals surface area contributed by atoms with Crippen molar-refractivity contribution in [2.45, 2.75) is 10.5 Å². The highest BCUT2D eigenvalue weighted by molar-refractivity contribution is 7.99. The summed E-state index contributed by atoms with van der Waals surface area (Å²) in [7, 11) is 5.74. The quantitative estimate of drug-likeness (QED) is 0.776. The molecule has 2 heterocycles. The molecule has 3 aromatic rings. The summed E-state index contributed by atoms with van der Waals surface area (Å²) >= 11 is 1.66. The van der Waals surface area contributed by atoms with Gasteiger partial charge in [-0.2, -0.15) is 0 Å². The molecule has 0 radical (unpaired) electrons. The minimum absolute atomic E-state index is 0.107. The van der Waals surface area contributed by atoms with E-state index in [1.165, 1.54) is 11.3 Å². The summed E-state index contributed by atoms with van der Waals surface area (Å²) in [5.74, 6) is 1.54. The smallest absolute Gasteiger partial charge is 0.212 e. The number of rotatable bonds is 4. The Balaban J connectivity index is 1.63. The zero-order valence-corrected chi connectivity index (χ0v) is 15.1. The first-order valence-corrected chi connectivity index (χ1v) is 8.84. The highest BCUT2D eigenvalue weighted by atomic mass is 32.2. The average Bonchev–Trinajstić information content (AvgIpc) is 3.22. The molecule has 1 aliphatic heterocycles. The second-order valence-corrected chi connectivity index (χ2v) is 7.03. The highest BCUT2D eigenvalue weighted by Gasteiger charge is 2.29. The lowest BCUT2D eigenvalue weighted by atomic mass is 10.2. The summed E-state index contributed by atoms with van der Waals surface area (Å²) in [5, 5.41) is 9.60. The number of hydrogen-bond acceptors (Lipinski definition) is 6. The molecule has 0 saturated heterocycles. The van der Waals surface area contributed by atoms with Crippen molar-refractivity contribution in [2.75, 3.05) is 31.5 Å². The second kappa shape index (κ2) is 6.33. The third-order valence-electron chi connectivity index (χ3n) is 4.16. The van der Waals surface area contributed by atoms with E-state index in [1.807, 2.05) is 43.0 Å². The number of para-hydroxylation sites is 1. The highest BCUT2D eigenvalue weighted by Crippen LogP contribution is 2.41. The Morgan fingerprint density at radius 2 is 1.84 bits per heavy atom. The average molecular weight is 353 g/mol. The van der Waals surface area contributed by atoms with E-state index >= 15 is 0 Å². The van der Waals surface area contributed by atoms with E-state index in [0.717, 1.165) is 22.3 Å². The molecule has 0 saturated carbocycles. The molecule has 0 bridgehead atoms. The van der Waals surface area contributed by atoms with E-state index in [2.05, 4.69) is 44.8 Å². The van der Waals surface area contributed by atoms with Crippen molar-refractivity contribution >= 4 is 17.4 Å².